The van der Waals surface area contributed by atoms with E-state index in [2.05, 4.69) is 0 Å². The zero-order chi connectivity index (χ0) is 20.7. The summed E-state index contributed by atoms with van der Waals surface area (Å²) >= 11 is 0. The van der Waals surface area contributed by atoms with E-state index in [-0.39, 0.29) is 22.9 Å². The quantitative estimate of drug-likeness (QED) is 0.555. The lowest BCUT2D eigenvalue weighted by Gasteiger charge is -2.23. The number of hydrogen-bond donors (Lipinski definition) is 0. The minimum atomic E-state index is -1.11. The lowest BCUT2D eigenvalue weighted by molar-refractivity contribution is -0.384. The third-order valence-electron chi connectivity index (χ3n) is 4.84. The summed E-state index contributed by atoms with van der Waals surface area (Å²) < 4.78 is 37.6. The highest BCUT2D eigenvalue weighted by molar-refractivity contribution is 5.91. The van der Waals surface area contributed by atoms with Crippen LogP contribution in [-0.4, -0.2) is 28.1 Å². The normalized spacial score (nSPS) is 21.0. The van der Waals surface area contributed by atoms with E-state index in [9.17, 15) is 28.5 Å². The van der Waals surface area contributed by atoms with Crippen molar-refractivity contribution in [2.24, 2.45) is 5.92 Å². The van der Waals surface area contributed by atoms with Crippen molar-refractivity contribution in [1.82, 2.24) is 4.90 Å². The minimum absolute atomic E-state index is 0.00855. The third kappa shape index (κ3) is 3.60. The Labute approximate surface area is 162 Å². The second-order valence-corrected chi connectivity index (χ2v) is 6.79. The largest absolute Gasteiger partial charge is 0.443 e. The molecule has 1 aliphatic carbocycles. The Morgan fingerprint density at radius 2 is 1.83 bits per heavy atom. The van der Waals surface area contributed by atoms with Gasteiger partial charge in [-0.1, -0.05) is 6.07 Å². The van der Waals surface area contributed by atoms with E-state index >= 15 is 0 Å². The molecule has 4 rings (SSSR count). The Balaban J connectivity index is 1.62. The Morgan fingerprint density at radius 3 is 2.41 bits per heavy atom. The van der Waals surface area contributed by atoms with Gasteiger partial charge in [-0.05, 0) is 48.6 Å². The second-order valence-electron chi connectivity index (χ2n) is 6.79. The molecule has 0 spiro atoms. The molecule has 2 atom stereocenters. The zero-order valence-electron chi connectivity index (χ0n) is 14.8. The fourth-order valence-corrected chi connectivity index (χ4v) is 3.29. The van der Waals surface area contributed by atoms with Crippen LogP contribution in [0.1, 0.15) is 24.4 Å². The van der Waals surface area contributed by atoms with Crippen molar-refractivity contribution in [3.8, 4) is 5.75 Å². The summed E-state index contributed by atoms with van der Waals surface area (Å²) in [6.45, 7) is 0. The molecule has 2 aromatic carbocycles. The number of imide groups is 1. The monoisotopic (exact) mass is 404 g/mol. The van der Waals surface area contributed by atoms with Gasteiger partial charge in [0, 0.05) is 12.1 Å². The summed E-state index contributed by atoms with van der Waals surface area (Å²) in [4.78, 5) is 35.9. The molecule has 10 heteroatoms. The van der Waals surface area contributed by atoms with Crippen molar-refractivity contribution in [3.63, 3.8) is 0 Å². The first-order valence-electron chi connectivity index (χ1n) is 8.76. The number of rotatable bonds is 4. The lowest BCUT2D eigenvalue weighted by Crippen LogP contribution is -2.37. The summed E-state index contributed by atoms with van der Waals surface area (Å²) in [5, 5.41) is 10.7. The molecule has 0 radical (unpaired) electrons. The maximum atomic E-state index is 13.8. The van der Waals surface area contributed by atoms with Crippen molar-refractivity contribution in [1.29, 1.82) is 0 Å². The van der Waals surface area contributed by atoms with Crippen LogP contribution >= 0.6 is 0 Å². The van der Waals surface area contributed by atoms with Crippen molar-refractivity contribution in [2.45, 2.75) is 25.0 Å². The first-order chi connectivity index (χ1) is 13.8. The number of non-ortho nitro benzene ring substituents is 1. The van der Waals surface area contributed by atoms with Gasteiger partial charge in [0.1, 0.15) is 17.9 Å². The number of ether oxygens (including phenoxy) is 2. The Morgan fingerprint density at radius 1 is 1.14 bits per heavy atom. The first kappa shape index (κ1) is 18.8. The molecule has 2 amide bonds. The Kier molecular flexibility index (Phi) is 4.61. The van der Waals surface area contributed by atoms with Gasteiger partial charge < -0.3 is 9.47 Å². The third-order valence-corrected chi connectivity index (χ3v) is 4.84. The summed E-state index contributed by atoms with van der Waals surface area (Å²) in [5.41, 5.74) is 0.00569. The van der Waals surface area contributed by atoms with Gasteiger partial charge in [-0.25, -0.2) is 23.3 Å². The molecule has 0 aromatic heterocycles. The summed E-state index contributed by atoms with van der Waals surface area (Å²) in [6.07, 6.45) is -1.17. The Hall–Kier alpha value is -3.56. The number of nitro benzene ring substituents is 1. The van der Waals surface area contributed by atoms with Gasteiger partial charge in [-0.2, -0.15) is 0 Å². The van der Waals surface area contributed by atoms with Crippen molar-refractivity contribution >= 4 is 17.9 Å². The smallest absolute Gasteiger partial charge is 0.425 e. The van der Waals surface area contributed by atoms with Gasteiger partial charge in [0.25, 0.3) is 5.69 Å². The zero-order valence-corrected chi connectivity index (χ0v) is 14.8. The maximum absolute atomic E-state index is 13.8. The van der Waals surface area contributed by atoms with Gasteiger partial charge in [0.15, 0.2) is 11.6 Å². The predicted octanol–water partition coefficient (Wildman–Crippen LogP) is 4.34. The number of amides is 2. The highest BCUT2D eigenvalue weighted by atomic mass is 19.2. The van der Waals surface area contributed by atoms with Crippen LogP contribution in [0, 0.1) is 27.7 Å². The van der Waals surface area contributed by atoms with Gasteiger partial charge >= 0.3 is 12.2 Å². The summed E-state index contributed by atoms with van der Waals surface area (Å²) in [6, 6.07) is 6.85. The standard InChI is InChI=1S/C19H14F2N2O6/c20-14-8-3-11(9-15(14)21)16-17(10-1-2-10)29-19(25)22(16)18(24)28-13-6-4-12(5-7-13)23(26)27/h3-10,16-17H,1-2H2. The van der Waals surface area contributed by atoms with Gasteiger partial charge in [0.05, 0.1) is 4.92 Å². The summed E-state index contributed by atoms with van der Waals surface area (Å²) in [7, 11) is 0. The topological polar surface area (TPSA) is 99.0 Å². The molecule has 1 heterocycles. The Bertz CT molecular complexity index is 993. The SMILES string of the molecule is O=C(Oc1ccc([N+](=O)[O-])cc1)N1C(=O)OC(C2CC2)C1c1ccc(F)c(F)c1. The molecule has 2 fully saturated rings. The molecular formula is C19H14F2N2O6. The fourth-order valence-electron chi connectivity index (χ4n) is 3.29. The van der Waals surface area contributed by atoms with Crippen LogP contribution in [0.15, 0.2) is 42.5 Å². The van der Waals surface area contributed by atoms with Gasteiger partial charge in [-0.3, -0.25) is 10.1 Å². The van der Waals surface area contributed by atoms with Crippen molar-refractivity contribution in [2.75, 3.05) is 0 Å². The molecule has 0 bridgehead atoms. The molecule has 1 aliphatic heterocycles. The molecule has 29 heavy (non-hydrogen) atoms. The van der Waals surface area contributed by atoms with Crippen molar-refractivity contribution in [3.05, 3.63) is 69.8 Å². The van der Waals surface area contributed by atoms with E-state index in [0.29, 0.717) is 0 Å². The van der Waals surface area contributed by atoms with E-state index in [0.717, 1.165) is 42.0 Å². The molecule has 8 nitrogen and oxygen atoms in total. The van der Waals surface area contributed by atoms with Gasteiger partial charge in [0.2, 0.25) is 0 Å². The summed E-state index contributed by atoms with van der Waals surface area (Å²) in [5.74, 6) is -2.18. The molecule has 2 unspecified atom stereocenters. The number of carbonyl (C=O) groups excluding carboxylic acids is 2. The molecule has 2 aliphatic rings. The number of nitro groups is 1. The first-order valence-corrected chi connectivity index (χ1v) is 8.76. The number of benzene rings is 2. The van der Waals surface area contributed by atoms with E-state index in [1.165, 1.54) is 18.2 Å². The maximum Gasteiger partial charge on any atom is 0.425 e. The number of halogens is 2. The van der Waals surface area contributed by atoms with E-state index < -0.39 is 40.9 Å². The number of carbonyl (C=O) groups is 2. The highest BCUT2D eigenvalue weighted by Crippen LogP contribution is 2.46. The average Bonchev–Trinajstić information content (AvgIpc) is 3.47. The van der Waals surface area contributed by atoms with Crippen LogP contribution in [-0.2, 0) is 4.74 Å². The predicted molar refractivity (Wildman–Crippen MR) is 93.1 cm³/mol. The number of cyclic esters (lactones) is 1. The van der Waals surface area contributed by atoms with Crippen LogP contribution in [0.3, 0.4) is 0 Å². The highest BCUT2D eigenvalue weighted by Gasteiger charge is 2.53. The van der Waals surface area contributed by atoms with E-state index in [1.807, 2.05) is 0 Å². The molecule has 1 saturated heterocycles. The molecule has 150 valence electrons. The molecule has 2 aromatic rings. The molecule has 0 N–H and O–H groups in total. The van der Waals surface area contributed by atoms with Gasteiger partial charge in [-0.15, -0.1) is 0 Å². The van der Waals surface area contributed by atoms with E-state index in [4.69, 9.17) is 9.47 Å². The van der Waals surface area contributed by atoms with Crippen LogP contribution in [0.2, 0.25) is 0 Å². The second kappa shape index (κ2) is 7.12. The van der Waals surface area contributed by atoms with E-state index in [1.54, 1.807) is 0 Å². The fraction of sp³-hybridized carbons (Fsp3) is 0.263. The molecule has 1 saturated carbocycles. The van der Waals surface area contributed by atoms with Crippen LogP contribution in [0.4, 0.5) is 24.1 Å². The molecular weight excluding hydrogens is 390 g/mol. The number of hydrogen-bond acceptors (Lipinski definition) is 6. The van der Waals surface area contributed by atoms with Crippen LogP contribution in [0.25, 0.3) is 0 Å². The number of nitrogens with zero attached hydrogens (tertiary/aromatic N) is 2. The minimum Gasteiger partial charge on any atom is -0.443 e. The van der Waals surface area contributed by atoms with Crippen LogP contribution < -0.4 is 4.74 Å². The average molecular weight is 404 g/mol. The van der Waals surface area contributed by atoms with Crippen molar-refractivity contribution < 1.29 is 32.8 Å². The lowest BCUT2D eigenvalue weighted by atomic mass is 9.97. The van der Waals surface area contributed by atoms with Crippen LogP contribution in [0.5, 0.6) is 5.75 Å².